The number of ether oxygens (including phenoxy) is 4. The molecule has 10 nitrogen and oxygen atoms in total. The molecule has 0 aliphatic heterocycles. The average Bonchev–Trinajstić information content (AvgIpc) is 3.18. The second-order valence-corrected chi connectivity index (χ2v) is 6.39. The molecule has 0 saturated heterocycles. The van der Waals surface area contributed by atoms with Crippen LogP contribution < -0.4 is 14.2 Å². The van der Waals surface area contributed by atoms with Crippen molar-refractivity contribution >= 4 is 11.7 Å². The lowest BCUT2D eigenvalue weighted by molar-refractivity contribution is -0.384. The van der Waals surface area contributed by atoms with E-state index in [1.807, 2.05) is 0 Å². The van der Waals surface area contributed by atoms with Gasteiger partial charge in [0.05, 0.1) is 44.5 Å². The Bertz CT molecular complexity index is 1130. The van der Waals surface area contributed by atoms with Crippen LogP contribution in [0, 0.1) is 17.0 Å². The fourth-order valence-corrected chi connectivity index (χ4v) is 3.22. The fourth-order valence-electron chi connectivity index (χ4n) is 3.22. The van der Waals surface area contributed by atoms with Crippen molar-refractivity contribution in [1.82, 2.24) is 5.16 Å². The smallest absolute Gasteiger partial charge is 0.338 e. The second kappa shape index (κ2) is 8.74. The van der Waals surface area contributed by atoms with Crippen molar-refractivity contribution in [1.29, 1.82) is 0 Å². The lowest BCUT2D eigenvalue weighted by Gasteiger charge is -2.14. The zero-order valence-electron chi connectivity index (χ0n) is 17.5. The Morgan fingerprint density at radius 1 is 0.968 bits per heavy atom. The molecule has 0 saturated carbocycles. The van der Waals surface area contributed by atoms with E-state index in [0.717, 1.165) is 6.07 Å². The van der Waals surface area contributed by atoms with Crippen LogP contribution in [0.1, 0.15) is 16.1 Å². The highest BCUT2D eigenvalue weighted by Gasteiger charge is 2.24. The first kappa shape index (κ1) is 21.6. The predicted molar refractivity (Wildman–Crippen MR) is 110 cm³/mol. The number of aromatic nitrogens is 1. The van der Waals surface area contributed by atoms with Crippen molar-refractivity contribution in [3.05, 3.63) is 51.8 Å². The van der Waals surface area contributed by atoms with E-state index < -0.39 is 10.9 Å². The normalized spacial score (nSPS) is 10.5. The van der Waals surface area contributed by atoms with E-state index in [4.69, 9.17) is 23.5 Å². The fraction of sp³-hybridized carbons (Fsp3) is 0.238. The van der Waals surface area contributed by atoms with Crippen LogP contribution in [0.2, 0.25) is 0 Å². The van der Waals surface area contributed by atoms with Crippen molar-refractivity contribution < 1.29 is 33.2 Å². The largest absolute Gasteiger partial charge is 0.493 e. The van der Waals surface area contributed by atoms with E-state index in [2.05, 4.69) is 5.16 Å². The molecule has 0 bridgehead atoms. The summed E-state index contributed by atoms with van der Waals surface area (Å²) in [7, 11) is 5.66. The molecule has 3 rings (SSSR count). The molecule has 0 aliphatic carbocycles. The van der Waals surface area contributed by atoms with Crippen molar-refractivity contribution in [3.63, 3.8) is 0 Å². The molecule has 0 radical (unpaired) electrons. The average molecular weight is 428 g/mol. The Morgan fingerprint density at radius 3 is 2.13 bits per heavy atom. The molecule has 1 aromatic heterocycles. The van der Waals surface area contributed by atoms with Gasteiger partial charge in [0.1, 0.15) is 11.5 Å². The van der Waals surface area contributed by atoms with Gasteiger partial charge in [-0.3, -0.25) is 10.1 Å². The van der Waals surface area contributed by atoms with Gasteiger partial charge in [0, 0.05) is 17.7 Å². The first-order valence-corrected chi connectivity index (χ1v) is 8.99. The van der Waals surface area contributed by atoms with Gasteiger partial charge in [-0.25, -0.2) is 4.79 Å². The van der Waals surface area contributed by atoms with Gasteiger partial charge in [0.2, 0.25) is 5.75 Å². The quantitative estimate of drug-likeness (QED) is 0.311. The maximum atomic E-state index is 12.1. The van der Waals surface area contributed by atoms with Crippen LogP contribution in [0.5, 0.6) is 17.2 Å². The number of hydrogen-bond donors (Lipinski definition) is 0. The Balaban J connectivity index is 2.27. The minimum absolute atomic E-state index is 0.0307. The molecule has 0 N–H and O–H groups in total. The number of non-ortho nitro benzene ring substituents is 1. The van der Waals surface area contributed by atoms with Gasteiger partial charge in [-0.15, -0.1) is 0 Å². The molecule has 0 aliphatic rings. The number of nitro groups is 1. The molecule has 3 aromatic rings. The summed E-state index contributed by atoms with van der Waals surface area (Å²) < 4.78 is 26.2. The number of carbonyl (C=O) groups is 1. The van der Waals surface area contributed by atoms with Crippen molar-refractivity contribution in [2.24, 2.45) is 0 Å². The monoisotopic (exact) mass is 428 g/mol. The molecule has 162 valence electrons. The number of aryl methyl sites for hydroxylation is 1. The Labute approximate surface area is 177 Å². The third kappa shape index (κ3) is 4.00. The summed E-state index contributed by atoms with van der Waals surface area (Å²) in [5.74, 6) is 0.905. The highest BCUT2D eigenvalue weighted by molar-refractivity contribution is 5.94. The summed E-state index contributed by atoms with van der Waals surface area (Å²) in [6.07, 6.45) is 0. The SMILES string of the molecule is COC(=O)c1cc(-c2c(-c3cc(OC)c(OC)c(OC)c3)noc2C)cc([N+](=O)[O-])c1. The minimum atomic E-state index is -0.701. The van der Waals surface area contributed by atoms with Crippen LogP contribution in [0.15, 0.2) is 34.9 Å². The molecular formula is C21H20N2O8. The zero-order chi connectivity index (χ0) is 22.7. The van der Waals surface area contributed by atoms with Crippen molar-refractivity contribution in [2.75, 3.05) is 28.4 Å². The third-order valence-corrected chi connectivity index (χ3v) is 4.64. The number of methoxy groups -OCH3 is 4. The molecule has 31 heavy (non-hydrogen) atoms. The maximum absolute atomic E-state index is 12.1. The summed E-state index contributed by atoms with van der Waals surface area (Å²) >= 11 is 0. The summed E-state index contributed by atoms with van der Waals surface area (Å²) in [6, 6.07) is 7.34. The number of nitrogens with zero attached hydrogens (tertiary/aromatic N) is 2. The topological polar surface area (TPSA) is 123 Å². The van der Waals surface area contributed by atoms with Gasteiger partial charge in [-0.05, 0) is 30.7 Å². The lowest BCUT2D eigenvalue weighted by Crippen LogP contribution is -2.03. The first-order valence-electron chi connectivity index (χ1n) is 8.99. The minimum Gasteiger partial charge on any atom is -0.493 e. The van der Waals surface area contributed by atoms with Gasteiger partial charge in [-0.2, -0.15) is 0 Å². The number of benzene rings is 2. The first-order chi connectivity index (χ1) is 14.8. The molecule has 0 amide bonds. The molecule has 0 unspecified atom stereocenters. The van der Waals surface area contributed by atoms with Crippen LogP contribution in [0.4, 0.5) is 5.69 Å². The van der Waals surface area contributed by atoms with Crippen LogP contribution >= 0.6 is 0 Å². The van der Waals surface area contributed by atoms with Crippen LogP contribution in [0.25, 0.3) is 22.4 Å². The van der Waals surface area contributed by atoms with Crippen LogP contribution in [0.3, 0.4) is 0 Å². The second-order valence-electron chi connectivity index (χ2n) is 6.39. The van der Waals surface area contributed by atoms with E-state index in [1.54, 1.807) is 19.1 Å². The lowest BCUT2D eigenvalue weighted by atomic mass is 9.97. The number of rotatable bonds is 7. The third-order valence-electron chi connectivity index (χ3n) is 4.64. The standard InChI is InChI=1S/C21H20N2O8/c1-11-18(12-6-14(21(24)30-5)8-15(7-12)23(25)26)19(22-31-11)13-9-16(27-2)20(29-4)17(10-13)28-3/h6-10H,1-5H3. The highest BCUT2D eigenvalue weighted by atomic mass is 16.6. The molecule has 10 heteroatoms. The van der Waals surface area contributed by atoms with E-state index in [1.165, 1.54) is 40.6 Å². The van der Waals surface area contributed by atoms with Gasteiger partial charge >= 0.3 is 5.97 Å². The highest BCUT2D eigenvalue weighted by Crippen LogP contribution is 2.44. The van der Waals surface area contributed by atoms with Gasteiger partial charge in [0.15, 0.2) is 11.5 Å². The van der Waals surface area contributed by atoms with Crippen LogP contribution in [-0.4, -0.2) is 44.5 Å². The molecule has 0 atom stereocenters. The predicted octanol–water partition coefficient (Wildman–Crippen LogP) is 4.04. The van der Waals surface area contributed by atoms with Gasteiger partial charge in [0.25, 0.3) is 5.69 Å². The Kier molecular flexibility index (Phi) is 6.10. The van der Waals surface area contributed by atoms with E-state index in [0.29, 0.717) is 45.4 Å². The zero-order valence-corrected chi connectivity index (χ0v) is 17.5. The number of hydrogen-bond acceptors (Lipinski definition) is 9. The summed E-state index contributed by atoms with van der Waals surface area (Å²) in [5, 5.41) is 15.6. The maximum Gasteiger partial charge on any atom is 0.338 e. The number of carbonyl (C=O) groups excluding carboxylic acids is 1. The molecule has 0 fully saturated rings. The van der Waals surface area contributed by atoms with Crippen molar-refractivity contribution in [3.8, 4) is 39.6 Å². The summed E-state index contributed by atoms with van der Waals surface area (Å²) in [6.45, 7) is 1.67. The van der Waals surface area contributed by atoms with Gasteiger partial charge in [-0.1, -0.05) is 5.16 Å². The van der Waals surface area contributed by atoms with Crippen LogP contribution in [-0.2, 0) is 4.74 Å². The Hall–Kier alpha value is -4.08. The summed E-state index contributed by atoms with van der Waals surface area (Å²) in [5.41, 5.74) is 1.55. The molecule has 1 heterocycles. The summed E-state index contributed by atoms with van der Waals surface area (Å²) in [4.78, 5) is 22.9. The number of nitro benzene ring substituents is 1. The van der Waals surface area contributed by atoms with E-state index in [-0.39, 0.29) is 11.3 Å². The Morgan fingerprint density at radius 2 is 1.61 bits per heavy atom. The molecular weight excluding hydrogens is 408 g/mol. The van der Waals surface area contributed by atoms with E-state index >= 15 is 0 Å². The van der Waals surface area contributed by atoms with Gasteiger partial charge < -0.3 is 23.5 Å². The molecule has 2 aromatic carbocycles. The van der Waals surface area contributed by atoms with E-state index in [9.17, 15) is 14.9 Å². The number of esters is 1. The van der Waals surface area contributed by atoms with Crippen molar-refractivity contribution in [2.45, 2.75) is 6.92 Å². The molecule has 0 spiro atoms.